The molecule has 3 aromatic carbocycles. The topological polar surface area (TPSA) is 66.8 Å². The van der Waals surface area contributed by atoms with Crippen molar-refractivity contribution >= 4 is 23.1 Å². The van der Waals surface area contributed by atoms with Crippen LogP contribution in [0.2, 0.25) is 0 Å². The van der Waals surface area contributed by atoms with Crippen LogP contribution < -0.4 is 9.64 Å². The number of benzene rings is 3. The maximum absolute atomic E-state index is 14.9. The molecule has 1 saturated heterocycles. The molecule has 0 radical (unpaired) electrons. The number of anilines is 1. The Balaban J connectivity index is 1.92. The lowest BCUT2D eigenvalue weighted by molar-refractivity contribution is -0.132. The van der Waals surface area contributed by atoms with Gasteiger partial charge in [0.25, 0.3) is 11.7 Å². The van der Waals surface area contributed by atoms with Crippen molar-refractivity contribution in [2.45, 2.75) is 26.0 Å². The van der Waals surface area contributed by atoms with E-state index in [0.717, 1.165) is 0 Å². The van der Waals surface area contributed by atoms with E-state index in [1.165, 1.54) is 23.1 Å². The van der Waals surface area contributed by atoms with Gasteiger partial charge in [0.05, 0.1) is 17.7 Å². The standard InChI is InChI=1S/C26H22FNO4/c1-16(2)32-19-12-8-9-17(15-19)24(29)22-23(20-13-6-7-14-21(20)27)28(26(31)25(22)30)18-10-4-3-5-11-18/h3-16,23,29H,1-2H3/b24-22-. The Kier molecular flexibility index (Phi) is 5.77. The monoisotopic (exact) mass is 431 g/mol. The molecule has 0 aliphatic carbocycles. The van der Waals surface area contributed by atoms with Crippen molar-refractivity contribution in [1.29, 1.82) is 0 Å². The first-order valence-electron chi connectivity index (χ1n) is 10.3. The van der Waals surface area contributed by atoms with Gasteiger partial charge < -0.3 is 9.84 Å². The smallest absolute Gasteiger partial charge is 0.300 e. The normalized spacial score (nSPS) is 17.8. The fourth-order valence-electron chi connectivity index (χ4n) is 3.82. The van der Waals surface area contributed by atoms with Gasteiger partial charge >= 0.3 is 0 Å². The van der Waals surface area contributed by atoms with Crippen molar-refractivity contribution in [1.82, 2.24) is 0 Å². The summed E-state index contributed by atoms with van der Waals surface area (Å²) in [6, 6.07) is 20.0. The molecule has 162 valence electrons. The molecule has 0 saturated carbocycles. The summed E-state index contributed by atoms with van der Waals surface area (Å²) in [7, 11) is 0. The van der Waals surface area contributed by atoms with E-state index in [2.05, 4.69) is 0 Å². The Bertz CT molecular complexity index is 1200. The zero-order valence-corrected chi connectivity index (χ0v) is 17.7. The number of aliphatic hydroxyl groups is 1. The van der Waals surface area contributed by atoms with E-state index in [0.29, 0.717) is 17.0 Å². The average Bonchev–Trinajstić information content (AvgIpc) is 3.04. The summed E-state index contributed by atoms with van der Waals surface area (Å²) >= 11 is 0. The summed E-state index contributed by atoms with van der Waals surface area (Å²) in [5, 5.41) is 11.2. The van der Waals surface area contributed by atoms with E-state index < -0.39 is 23.5 Å². The average molecular weight is 431 g/mol. The van der Waals surface area contributed by atoms with Crippen LogP contribution in [0.25, 0.3) is 5.76 Å². The van der Waals surface area contributed by atoms with Gasteiger partial charge in [-0.3, -0.25) is 14.5 Å². The highest BCUT2D eigenvalue weighted by Crippen LogP contribution is 2.43. The Morgan fingerprint density at radius 2 is 1.66 bits per heavy atom. The van der Waals surface area contributed by atoms with E-state index in [1.54, 1.807) is 60.7 Å². The molecule has 4 rings (SSSR count). The molecule has 1 heterocycles. The Labute approximate surface area is 185 Å². The molecule has 1 amide bonds. The molecule has 3 aromatic rings. The van der Waals surface area contributed by atoms with Crippen molar-refractivity contribution in [3.8, 4) is 5.75 Å². The lowest BCUT2D eigenvalue weighted by Crippen LogP contribution is -2.29. The Morgan fingerprint density at radius 1 is 0.969 bits per heavy atom. The molecule has 0 spiro atoms. The van der Waals surface area contributed by atoms with Crippen molar-refractivity contribution in [3.63, 3.8) is 0 Å². The predicted molar refractivity (Wildman–Crippen MR) is 120 cm³/mol. The van der Waals surface area contributed by atoms with Gasteiger partial charge in [0.2, 0.25) is 0 Å². The molecule has 0 bridgehead atoms. The van der Waals surface area contributed by atoms with Crippen LogP contribution in [0, 0.1) is 5.82 Å². The fraction of sp³-hybridized carbons (Fsp3) is 0.154. The molecule has 1 aliphatic heterocycles. The minimum Gasteiger partial charge on any atom is -0.507 e. The molecular weight excluding hydrogens is 409 g/mol. The number of para-hydroxylation sites is 1. The van der Waals surface area contributed by atoms with E-state index >= 15 is 0 Å². The molecule has 1 unspecified atom stereocenters. The lowest BCUT2D eigenvalue weighted by Gasteiger charge is -2.25. The first-order valence-corrected chi connectivity index (χ1v) is 10.3. The van der Waals surface area contributed by atoms with Gasteiger partial charge in [0, 0.05) is 16.8 Å². The summed E-state index contributed by atoms with van der Waals surface area (Å²) in [5.74, 6) is -2.17. The van der Waals surface area contributed by atoms with Gasteiger partial charge in [0.1, 0.15) is 17.3 Å². The third-order valence-corrected chi connectivity index (χ3v) is 5.16. The minimum atomic E-state index is -1.12. The summed E-state index contributed by atoms with van der Waals surface area (Å²) in [6.07, 6.45) is -0.0885. The highest BCUT2D eigenvalue weighted by molar-refractivity contribution is 6.51. The number of halogens is 1. The number of hydrogen-bond donors (Lipinski definition) is 1. The summed E-state index contributed by atoms with van der Waals surface area (Å²) in [6.45, 7) is 3.74. The van der Waals surface area contributed by atoms with Gasteiger partial charge in [-0.2, -0.15) is 0 Å². The van der Waals surface area contributed by atoms with Gasteiger partial charge in [0.15, 0.2) is 0 Å². The van der Waals surface area contributed by atoms with Crippen LogP contribution in [-0.4, -0.2) is 22.9 Å². The molecule has 1 fully saturated rings. The number of ether oxygens (including phenoxy) is 1. The largest absolute Gasteiger partial charge is 0.507 e. The van der Waals surface area contributed by atoms with Crippen molar-refractivity contribution in [2.24, 2.45) is 0 Å². The third-order valence-electron chi connectivity index (χ3n) is 5.16. The second kappa shape index (κ2) is 8.67. The number of ketones is 1. The zero-order chi connectivity index (χ0) is 22.8. The van der Waals surface area contributed by atoms with Gasteiger partial charge in [-0.05, 0) is 44.2 Å². The maximum Gasteiger partial charge on any atom is 0.300 e. The fourth-order valence-corrected chi connectivity index (χ4v) is 3.82. The van der Waals surface area contributed by atoms with Crippen molar-refractivity contribution in [3.05, 3.63) is 101 Å². The molecule has 5 nitrogen and oxygen atoms in total. The second-order valence-electron chi connectivity index (χ2n) is 7.72. The van der Waals surface area contributed by atoms with Crippen molar-refractivity contribution < 1.29 is 23.8 Å². The van der Waals surface area contributed by atoms with Gasteiger partial charge in [-0.15, -0.1) is 0 Å². The number of rotatable bonds is 5. The van der Waals surface area contributed by atoms with Gasteiger partial charge in [-0.1, -0.05) is 48.5 Å². The minimum absolute atomic E-state index is 0.0885. The van der Waals surface area contributed by atoms with E-state index in [4.69, 9.17) is 4.74 Å². The first-order chi connectivity index (χ1) is 15.4. The summed E-state index contributed by atoms with van der Waals surface area (Å²) < 4.78 is 20.5. The summed E-state index contributed by atoms with van der Waals surface area (Å²) in [4.78, 5) is 27.4. The van der Waals surface area contributed by atoms with Crippen LogP contribution in [0.4, 0.5) is 10.1 Å². The molecule has 1 atom stereocenters. The number of carbonyl (C=O) groups excluding carboxylic acids is 2. The third kappa shape index (κ3) is 3.87. The molecule has 1 N–H and O–H groups in total. The number of nitrogens with zero attached hydrogens (tertiary/aromatic N) is 1. The van der Waals surface area contributed by atoms with E-state index in [9.17, 15) is 19.1 Å². The highest BCUT2D eigenvalue weighted by atomic mass is 19.1. The number of hydrogen-bond acceptors (Lipinski definition) is 4. The highest BCUT2D eigenvalue weighted by Gasteiger charge is 2.47. The van der Waals surface area contributed by atoms with Crippen LogP contribution in [0.15, 0.2) is 84.4 Å². The molecule has 1 aliphatic rings. The SMILES string of the molecule is CC(C)Oc1cccc(/C(O)=C2/C(=O)C(=O)N(c3ccccc3)C2c2ccccc2F)c1. The summed E-state index contributed by atoms with van der Waals surface area (Å²) in [5.41, 5.74) is 0.673. The van der Waals surface area contributed by atoms with E-state index in [1.807, 2.05) is 13.8 Å². The molecule has 6 heteroatoms. The predicted octanol–water partition coefficient (Wildman–Crippen LogP) is 5.24. The molecule has 32 heavy (non-hydrogen) atoms. The number of amides is 1. The number of carbonyl (C=O) groups is 2. The first kappa shape index (κ1) is 21.3. The second-order valence-corrected chi connectivity index (χ2v) is 7.72. The Hall–Kier alpha value is -3.93. The van der Waals surface area contributed by atoms with Crippen molar-refractivity contribution in [2.75, 3.05) is 4.90 Å². The van der Waals surface area contributed by atoms with Crippen LogP contribution in [0.5, 0.6) is 5.75 Å². The van der Waals surface area contributed by atoms with Crippen LogP contribution >= 0.6 is 0 Å². The van der Waals surface area contributed by atoms with Gasteiger partial charge in [-0.25, -0.2) is 4.39 Å². The number of aliphatic hydroxyl groups excluding tert-OH is 1. The van der Waals surface area contributed by atoms with Crippen LogP contribution in [-0.2, 0) is 9.59 Å². The maximum atomic E-state index is 14.9. The van der Waals surface area contributed by atoms with Crippen LogP contribution in [0.1, 0.15) is 31.0 Å². The lowest BCUT2D eigenvalue weighted by atomic mass is 9.94. The van der Waals surface area contributed by atoms with Crippen LogP contribution in [0.3, 0.4) is 0 Å². The quantitative estimate of drug-likeness (QED) is 0.341. The Morgan fingerprint density at radius 3 is 2.34 bits per heavy atom. The zero-order valence-electron chi connectivity index (χ0n) is 17.7. The number of Topliss-reactive ketones (excluding diaryl/α,β-unsaturated/α-hetero) is 1. The van der Waals surface area contributed by atoms with E-state index in [-0.39, 0.29) is 23.0 Å². The molecule has 0 aromatic heterocycles. The molecular formula is C26H22FNO4.